The fourth-order valence-electron chi connectivity index (χ4n) is 4.51. The minimum Gasteiger partial charge on any atom is -0.383 e. The number of fused-ring (bicyclic) bond motifs is 1. The van der Waals surface area contributed by atoms with Crippen LogP contribution in [0.5, 0.6) is 0 Å². The molecule has 0 saturated carbocycles. The van der Waals surface area contributed by atoms with Gasteiger partial charge in [0.2, 0.25) is 11.8 Å². The van der Waals surface area contributed by atoms with E-state index in [1.807, 2.05) is 29.2 Å². The molecule has 144 valence electrons. The van der Waals surface area contributed by atoms with Crippen LogP contribution in [-0.4, -0.2) is 65.7 Å². The molecule has 1 aromatic heterocycles. The van der Waals surface area contributed by atoms with Gasteiger partial charge < -0.3 is 19.1 Å². The molecule has 2 aliphatic heterocycles. The molecule has 7 nitrogen and oxygen atoms in total. The number of piperidine rings is 1. The number of hydrogen-bond acceptors (Lipinski definition) is 5. The SMILES string of the molecule is COCCN1CCCC2(CCCN2C(=O)Cc2noc3ccccc23)C1=O. The fourth-order valence-corrected chi connectivity index (χ4v) is 4.51. The van der Waals surface area contributed by atoms with Gasteiger partial charge in [0.15, 0.2) is 5.58 Å². The molecule has 0 radical (unpaired) electrons. The number of aromatic nitrogens is 1. The molecule has 0 aliphatic carbocycles. The molecule has 27 heavy (non-hydrogen) atoms. The maximum atomic E-state index is 13.2. The first kappa shape index (κ1) is 18.0. The highest BCUT2D eigenvalue weighted by Gasteiger charge is 2.52. The Bertz CT molecular complexity index is 849. The monoisotopic (exact) mass is 371 g/mol. The molecule has 3 heterocycles. The van der Waals surface area contributed by atoms with Gasteiger partial charge in [0.1, 0.15) is 11.2 Å². The van der Waals surface area contributed by atoms with Crippen LogP contribution in [-0.2, 0) is 20.7 Å². The van der Waals surface area contributed by atoms with Crippen molar-refractivity contribution in [2.24, 2.45) is 0 Å². The second kappa shape index (κ2) is 7.31. The summed E-state index contributed by atoms with van der Waals surface area (Å²) in [4.78, 5) is 30.0. The zero-order valence-corrected chi connectivity index (χ0v) is 15.6. The van der Waals surface area contributed by atoms with Gasteiger partial charge >= 0.3 is 0 Å². The Labute approximate surface area is 158 Å². The molecule has 1 atom stereocenters. The van der Waals surface area contributed by atoms with Gasteiger partial charge in [-0.25, -0.2) is 0 Å². The van der Waals surface area contributed by atoms with Crippen LogP contribution >= 0.6 is 0 Å². The van der Waals surface area contributed by atoms with Gasteiger partial charge in [-0.15, -0.1) is 0 Å². The van der Waals surface area contributed by atoms with Crippen LogP contribution in [0.25, 0.3) is 11.0 Å². The van der Waals surface area contributed by atoms with Crippen LogP contribution in [0, 0.1) is 0 Å². The number of nitrogens with zero attached hydrogens (tertiary/aromatic N) is 3. The minimum atomic E-state index is -0.692. The summed E-state index contributed by atoms with van der Waals surface area (Å²) in [6, 6.07) is 7.53. The van der Waals surface area contributed by atoms with Crippen molar-refractivity contribution in [3.63, 3.8) is 0 Å². The van der Waals surface area contributed by atoms with Crippen molar-refractivity contribution in [2.75, 3.05) is 33.4 Å². The van der Waals surface area contributed by atoms with Crippen molar-refractivity contribution in [1.82, 2.24) is 15.0 Å². The third kappa shape index (κ3) is 3.10. The molecule has 1 spiro atoms. The smallest absolute Gasteiger partial charge is 0.248 e. The largest absolute Gasteiger partial charge is 0.383 e. The number of para-hydroxylation sites is 1. The Morgan fingerprint density at radius 3 is 2.85 bits per heavy atom. The standard InChI is InChI=1S/C20H25N3O4/c1-26-13-12-22-10-4-8-20(19(22)25)9-5-11-23(20)18(24)14-16-15-6-2-3-7-17(15)27-21-16/h2-3,6-7H,4-5,8-14H2,1H3. The Morgan fingerprint density at radius 1 is 1.26 bits per heavy atom. The minimum absolute atomic E-state index is 0.0477. The molecular weight excluding hydrogens is 346 g/mol. The van der Waals surface area contributed by atoms with Crippen LogP contribution in [0.1, 0.15) is 31.4 Å². The van der Waals surface area contributed by atoms with E-state index in [1.165, 1.54) is 0 Å². The summed E-state index contributed by atoms with van der Waals surface area (Å²) in [7, 11) is 1.64. The average molecular weight is 371 g/mol. The van der Waals surface area contributed by atoms with E-state index in [4.69, 9.17) is 9.26 Å². The van der Waals surface area contributed by atoms with E-state index in [-0.39, 0.29) is 18.2 Å². The van der Waals surface area contributed by atoms with Gasteiger partial charge in [0.25, 0.3) is 0 Å². The van der Waals surface area contributed by atoms with Gasteiger partial charge in [0, 0.05) is 32.1 Å². The number of amides is 2. The first-order valence-corrected chi connectivity index (χ1v) is 9.58. The predicted octanol–water partition coefficient (Wildman–Crippen LogP) is 2.00. The average Bonchev–Trinajstić information content (AvgIpc) is 3.28. The molecule has 2 amide bonds. The Morgan fingerprint density at radius 2 is 2.04 bits per heavy atom. The first-order valence-electron chi connectivity index (χ1n) is 9.58. The maximum absolute atomic E-state index is 13.2. The van der Waals surface area contributed by atoms with Gasteiger partial charge in [-0.2, -0.15) is 0 Å². The molecule has 2 aliphatic rings. The van der Waals surface area contributed by atoms with E-state index >= 15 is 0 Å². The lowest BCUT2D eigenvalue weighted by Gasteiger charge is -2.44. The number of methoxy groups -OCH3 is 1. The molecule has 1 unspecified atom stereocenters. The van der Waals surface area contributed by atoms with Crippen LogP contribution in [0.15, 0.2) is 28.8 Å². The third-order valence-electron chi connectivity index (χ3n) is 5.83. The highest BCUT2D eigenvalue weighted by molar-refractivity contribution is 5.94. The number of hydrogen-bond donors (Lipinski definition) is 0. The second-order valence-corrected chi connectivity index (χ2v) is 7.37. The molecule has 2 saturated heterocycles. The van der Waals surface area contributed by atoms with Crippen LogP contribution in [0.4, 0.5) is 0 Å². The molecular formula is C20H25N3O4. The summed E-state index contributed by atoms with van der Waals surface area (Å²) in [5.74, 6) is 0.0233. The second-order valence-electron chi connectivity index (χ2n) is 7.37. The van der Waals surface area contributed by atoms with Gasteiger partial charge in [-0.1, -0.05) is 17.3 Å². The molecule has 7 heteroatoms. The lowest BCUT2D eigenvalue weighted by atomic mass is 9.85. The molecule has 4 rings (SSSR count). The number of likely N-dealkylation sites (tertiary alicyclic amines) is 2. The summed E-state index contributed by atoms with van der Waals surface area (Å²) in [5.41, 5.74) is 0.621. The fraction of sp³-hybridized carbons (Fsp3) is 0.550. The number of ether oxygens (including phenoxy) is 1. The van der Waals surface area contributed by atoms with Gasteiger partial charge in [-0.05, 0) is 37.8 Å². The summed E-state index contributed by atoms with van der Waals surface area (Å²) < 4.78 is 10.5. The maximum Gasteiger partial charge on any atom is 0.248 e. The number of carbonyl (C=O) groups excluding carboxylic acids is 2. The van der Waals surface area contributed by atoms with Crippen LogP contribution < -0.4 is 0 Å². The lowest BCUT2D eigenvalue weighted by Crippen LogP contribution is -2.61. The van der Waals surface area contributed by atoms with Crippen molar-refractivity contribution >= 4 is 22.8 Å². The molecule has 0 N–H and O–H groups in total. The normalized spacial score (nSPS) is 22.9. The topological polar surface area (TPSA) is 75.9 Å². The van der Waals surface area contributed by atoms with Gasteiger partial charge in [-0.3, -0.25) is 9.59 Å². The third-order valence-corrected chi connectivity index (χ3v) is 5.83. The quantitative estimate of drug-likeness (QED) is 0.804. The van der Waals surface area contributed by atoms with Crippen molar-refractivity contribution < 1.29 is 18.8 Å². The summed E-state index contributed by atoms with van der Waals surface area (Å²) in [6.07, 6.45) is 3.40. The van der Waals surface area contributed by atoms with E-state index in [0.29, 0.717) is 31.0 Å². The molecule has 1 aromatic carbocycles. The lowest BCUT2D eigenvalue weighted by molar-refractivity contribution is -0.155. The Balaban J connectivity index is 1.55. The summed E-state index contributed by atoms with van der Waals surface area (Å²) >= 11 is 0. The Kier molecular flexibility index (Phi) is 4.86. The molecule has 0 bridgehead atoms. The van der Waals surface area contributed by atoms with Gasteiger partial charge in [0.05, 0.1) is 13.0 Å². The van der Waals surface area contributed by atoms with Crippen molar-refractivity contribution in [3.05, 3.63) is 30.0 Å². The summed E-state index contributed by atoms with van der Waals surface area (Å²) in [5, 5.41) is 4.94. The Hall–Kier alpha value is -2.41. The first-order chi connectivity index (χ1) is 13.2. The zero-order chi connectivity index (χ0) is 18.9. The van der Waals surface area contributed by atoms with E-state index in [9.17, 15) is 9.59 Å². The van der Waals surface area contributed by atoms with E-state index in [1.54, 1.807) is 12.0 Å². The summed E-state index contributed by atoms with van der Waals surface area (Å²) in [6.45, 7) is 2.45. The van der Waals surface area contributed by atoms with Crippen LogP contribution in [0.2, 0.25) is 0 Å². The van der Waals surface area contributed by atoms with E-state index in [0.717, 1.165) is 37.6 Å². The zero-order valence-electron chi connectivity index (χ0n) is 15.6. The van der Waals surface area contributed by atoms with E-state index in [2.05, 4.69) is 5.16 Å². The number of carbonyl (C=O) groups is 2. The van der Waals surface area contributed by atoms with Crippen molar-refractivity contribution in [2.45, 2.75) is 37.6 Å². The van der Waals surface area contributed by atoms with Crippen molar-refractivity contribution in [3.8, 4) is 0 Å². The predicted molar refractivity (Wildman–Crippen MR) is 99.1 cm³/mol. The molecule has 2 fully saturated rings. The van der Waals surface area contributed by atoms with E-state index < -0.39 is 5.54 Å². The number of benzene rings is 1. The highest BCUT2D eigenvalue weighted by atomic mass is 16.5. The highest BCUT2D eigenvalue weighted by Crippen LogP contribution is 2.38. The number of rotatable bonds is 5. The van der Waals surface area contributed by atoms with Crippen molar-refractivity contribution in [1.29, 1.82) is 0 Å². The van der Waals surface area contributed by atoms with Crippen LogP contribution in [0.3, 0.4) is 0 Å². The molecule has 2 aromatic rings.